The number of amides is 2. The summed E-state index contributed by atoms with van der Waals surface area (Å²) < 4.78 is 0. The number of aryl methyl sites for hydroxylation is 2. The van der Waals surface area contributed by atoms with Crippen LogP contribution in [0, 0.1) is 13.8 Å². The van der Waals surface area contributed by atoms with Gasteiger partial charge in [0.15, 0.2) is 0 Å². The number of hydrogen-bond donors (Lipinski definition) is 1. The Morgan fingerprint density at radius 3 is 2.13 bits per heavy atom. The molecule has 0 saturated heterocycles. The molecule has 6 heteroatoms. The van der Waals surface area contributed by atoms with Crippen LogP contribution < -0.4 is 5.32 Å². The van der Waals surface area contributed by atoms with Crippen LogP contribution in [0.5, 0.6) is 0 Å². The lowest BCUT2D eigenvalue weighted by molar-refractivity contribution is 0.0762. The molecule has 1 fully saturated rings. The second-order valence-corrected chi connectivity index (χ2v) is 8.79. The van der Waals surface area contributed by atoms with Crippen LogP contribution in [0.2, 0.25) is 0 Å². The molecular weight excluding hydrogens is 328 g/mol. The number of hydrogen-bond acceptors (Lipinski definition) is 4. The van der Waals surface area contributed by atoms with Crippen LogP contribution in [-0.4, -0.2) is 35.8 Å². The van der Waals surface area contributed by atoms with Crippen molar-refractivity contribution in [2.75, 3.05) is 13.6 Å². The van der Waals surface area contributed by atoms with E-state index in [9.17, 15) is 9.59 Å². The van der Waals surface area contributed by atoms with Crippen molar-refractivity contribution in [3.8, 4) is 0 Å². The standard InChI is InChI=1S/C17H20N2O2S2/c1-11-4-6-13(22-11)15(20)18-17(8-9-17)10-19(3)16(21)14-7-5-12(2)23-14/h4-7H,8-10H2,1-3H3,(H,18,20). The van der Waals surface area contributed by atoms with Gasteiger partial charge in [0, 0.05) is 23.3 Å². The van der Waals surface area contributed by atoms with Gasteiger partial charge in [0.25, 0.3) is 11.8 Å². The van der Waals surface area contributed by atoms with Crippen LogP contribution in [0.15, 0.2) is 24.3 Å². The van der Waals surface area contributed by atoms with E-state index in [2.05, 4.69) is 5.32 Å². The molecule has 1 aliphatic carbocycles. The maximum absolute atomic E-state index is 12.4. The van der Waals surface area contributed by atoms with Crippen molar-refractivity contribution in [2.24, 2.45) is 0 Å². The summed E-state index contributed by atoms with van der Waals surface area (Å²) in [6.07, 6.45) is 1.84. The van der Waals surface area contributed by atoms with E-state index in [-0.39, 0.29) is 17.4 Å². The fourth-order valence-electron chi connectivity index (χ4n) is 2.60. The van der Waals surface area contributed by atoms with Gasteiger partial charge >= 0.3 is 0 Å². The zero-order valence-electron chi connectivity index (χ0n) is 13.5. The molecule has 0 unspecified atom stereocenters. The highest BCUT2D eigenvalue weighted by Crippen LogP contribution is 2.37. The minimum absolute atomic E-state index is 0.0237. The van der Waals surface area contributed by atoms with E-state index in [0.717, 1.165) is 32.4 Å². The average molecular weight is 348 g/mol. The number of likely N-dealkylation sites (N-methyl/N-ethyl adjacent to an activating group) is 1. The summed E-state index contributed by atoms with van der Waals surface area (Å²) in [5, 5.41) is 3.12. The number of thiophene rings is 2. The Morgan fingerprint density at radius 2 is 1.65 bits per heavy atom. The lowest BCUT2D eigenvalue weighted by Crippen LogP contribution is -2.46. The van der Waals surface area contributed by atoms with Crippen LogP contribution in [0.25, 0.3) is 0 Å². The van der Waals surface area contributed by atoms with Gasteiger partial charge < -0.3 is 10.2 Å². The van der Waals surface area contributed by atoms with Crippen LogP contribution >= 0.6 is 22.7 Å². The topological polar surface area (TPSA) is 49.4 Å². The quantitative estimate of drug-likeness (QED) is 0.899. The predicted octanol–water partition coefficient (Wildman–Crippen LogP) is 3.46. The number of carbonyl (C=O) groups is 2. The zero-order valence-corrected chi connectivity index (χ0v) is 15.1. The van der Waals surface area contributed by atoms with Gasteiger partial charge in [0.05, 0.1) is 15.3 Å². The summed E-state index contributed by atoms with van der Waals surface area (Å²) in [5.74, 6) is -0.0102. The molecule has 2 aromatic heterocycles. The smallest absolute Gasteiger partial charge is 0.263 e. The van der Waals surface area contributed by atoms with E-state index < -0.39 is 0 Å². The molecule has 0 aliphatic heterocycles. The fourth-order valence-corrected chi connectivity index (χ4v) is 4.22. The molecular formula is C17H20N2O2S2. The van der Waals surface area contributed by atoms with Gasteiger partial charge in [-0.15, -0.1) is 22.7 Å². The number of nitrogens with one attached hydrogen (secondary N) is 1. The summed E-state index contributed by atoms with van der Waals surface area (Å²) in [7, 11) is 1.80. The Balaban J connectivity index is 1.62. The molecule has 1 aliphatic rings. The Labute approximate surface area is 144 Å². The normalized spacial score (nSPS) is 15.3. The van der Waals surface area contributed by atoms with Gasteiger partial charge in [-0.3, -0.25) is 9.59 Å². The first-order valence-corrected chi connectivity index (χ1v) is 9.23. The Hall–Kier alpha value is -1.66. The van der Waals surface area contributed by atoms with Gasteiger partial charge in [-0.25, -0.2) is 0 Å². The third kappa shape index (κ3) is 3.64. The summed E-state index contributed by atoms with van der Waals surface area (Å²) in [4.78, 5) is 30.2. The molecule has 1 saturated carbocycles. The van der Waals surface area contributed by atoms with Gasteiger partial charge in [0.2, 0.25) is 0 Å². The second-order valence-electron chi connectivity index (χ2n) is 6.22. The van der Waals surface area contributed by atoms with Crippen molar-refractivity contribution >= 4 is 34.5 Å². The molecule has 2 aromatic rings. The van der Waals surface area contributed by atoms with Crippen LogP contribution in [0.1, 0.15) is 41.9 Å². The third-order valence-corrected chi connectivity index (χ3v) is 6.02. The summed E-state index contributed by atoms with van der Waals surface area (Å²) in [5.41, 5.74) is -0.258. The Bertz CT molecular complexity index is 743. The monoisotopic (exact) mass is 348 g/mol. The highest BCUT2D eigenvalue weighted by molar-refractivity contribution is 7.14. The lowest BCUT2D eigenvalue weighted by Gasteiger charge is -2.24. The van der Waals surface area contributed by atoms with Crippen LogP contribution in [0.4, 0.5) is 0 Å². The van der Waals surface area contributed by atoms with Gasteiger partial charge in [-0.2, -0.15) is 0 Å². The van der Waals surface area contributed by atoms with Crippen molar-refractivity contribution < 1.29 is 9.59 Å². The van der Waals surface area contributed by atoms with E-state index in [1.54, 1.807) is 11.9 Å². The number of nitrogens with zero attached hydrogens (tertiary/aromatic N) is 1. The van der Waals surface area contributed by atoms with E-state index >= 15 is 0 Å². The van der Waals surface area contributed by atoms with E-state index in [1.165, 1.54) is 22.7 Å². The first-order chi connectivity index (χ1) is 10.9. The third-order valence-electron chi connectivity index (χ3n) is 4.03. The molecule has 1 N–H and O–H groups in total. The first-order valence-electron chi connectivity index (χ1n) is 7.59. The van der Waals surface area contributed by atoms with Crippen molar-refractivity contribution in [3.63, 3.8) is 0 Å². The lowest BCUT2D eigenvalue weighted by atomic mass is 10.2. The molecule has 0 radical (unpaired) electrons. The molecule has 0 bridgehead atoms. The summed E-state index contributed by atoms with van der Waals surface area (Å²) in [6, 6.07) is 7.63. The van der Waals surface area contributed by atoms with Gasteiger partial charge in [-0.05, 0) is 51.0 Å². The second kappa shape index (κ2) is 6.09. The highest BCUT2D eigenvalue weighted by Gasteiger charge is 2.45. The summed E-state index contributed by atoms with van der Waals surface area (Å²) in [6.45, 7) is 4.54. The molecule has 122 valence electrons. The fraction of sp³-hybridized carbons (Fsp3) is 0.412. The van der Waals surface area contributed by atoms with Crippen LogP contribution in [0.3, 0.4) is 0 Å². The van der Waals surface area contributed by atoms with Crippen molar-refractivity contribution in [2.45, 2.75) is 32.2 Å². The maximum atomic E-state index is 12.4. The minimum Gasteiger partial charge on any atom is -0.344 e. The highest BCUT2D eigenvalue weighted by atomic mass is 32.1. The molecule has 4 nitrogen and oxygen atoms in total. The van der Waals surface area contributed by atoms with E-state index in [0.29, 0.717) is 6.54 Å². The zero-order chi connectivity index (χ0) is 16.6. The Morgan fingerprint density at radius 1 is 1.09 bits per heavy atom. The minimum atomic E-state index is -0.258. The molecule has 23 heavy (non-hydrogen) atoms. The number of carbonyl (C=O) groups excluding carboxylic acids is 2. The molecule has 0 spiro atoms. The van der Waals surface area contributed by atoms with Crippen molar-refractivity contribution in [3.05, 3.63) is 43.8 Å². The maximum Gasteiger partial charge on any atom is 0.263 e. The average Bonchev–Trinajstić information content (AvgIpc) is 2.91. The summed E-state index contributed by atoms with van der Waals surface area (Å²) >= 11 is 3.01. The van der Waals surface area contributed by atoms with Crippen molar-refractivity contribution in [1.82, 2.24) is 10.2 Å². The van der Waals surface area contributed by atoms with Gasteiger partial charge in [-0.1, -0.05) is 0 Å². The molecule has 0 atom stereocenters. The van der Waals surface area contributed by atoms with E-state index in [1.807, 2.05) is 38.1 Å². The van der Waals surface area contributed by atoms with Crippen molar-refractivity contribution in [1.29, 1.82) is 0 Å². The van der Waals surface area contributed by atoms with Crippen LogP contribution in [-0.2, 0) is 0 Å². The van der Waals surface area contributed by atoms with Gasteiger partial charge in [0.1, 0.15) is 0 Å². The van der Waals surface area contributed by atoms with E-state index in [4.69, 9.17) is 0 Å². The first kappa shape index (κ1) is 16.2. The SMILES string of the molecule is Cc1ccc(C(=O)NC2(CN(C)C(=O)c3ccc(C)s3)CC2)s1. The number of rotatable bonds is 5. The molecule has 3 rings (SSSR count). The largest absolute Gasteiger partial charge is 0.344 e. The molecule has 2 amide bonds. The molecule has 2 heterocycles. The molecule has 0 aromatic carbocycles. The Kier molecular flexibility index (Phi) is 4.29. The predicted molar refractivity (Wildman–Crippen MR) is 94.5 cm³/mol.